The minimum absolute atomic E-state index is 0.345. The lowest BCUT2D eigenvalue weighted by molar-refractivity contribution is 0.624. The molecule has 1 aromatic carbocycles. The number of rotatable bonds is 1. The molecule has 0 amide bonds. The molecule has 2 aromatic rings. The highest BCUT2D eigenvalue weighted by Crippen LogP contribution is 2.29. The van der Waals surface area contributed by atoms with Crippen LogP contribution in [-0.4, -0.2) is 4.98 Å². The van der Waals surface area contributed by atoms with Crippen molar-refractivity contribution in [1.29, 1.82) is 0 Å². The van der Waals surface area contributed by atoms with E-state index in [1.807, 2.05) is 0 Å². The van der Waals surface area contributed by atoms with E-state index in [0.29, 0.717) is 21.4 Å². The Balaban J connectivity index is 2.65. The van der Waals surface area contributed by atoms with Gasteiger partial charge in [-0.05, 0) is 40.2 Å². The summed E-state index contributed by atoms with van der Waals surface area (Å²) in [5.74, 6) is -0.345. The van der Waals surface area contributed by atoms with E-state index in [4.69, 9.17) is 5.73 Å². The lowest BCUT2D eigenvalue weighted by Crippen LogP contribution is -1.95. The van der Waals surface area contributed by atoms with E-state index in [9.17, 15) is 4.39 Å². The number of anilines is 1. The van der Waals surface area contributed by atoms with Gasteiger partial charge < -0.3 is 5.73 Å². The molecule has 2 rings (SSSR count). The summed E-state index contributed by atoms with van der Waals surface area (Å²) in [7, 11) is 0. The molecule has 0 aliphatic heterocycles. The van der Waals surface area contributed by atoms with Gasteiger partial charge in [-0.2, -0.15) is 0 Å². The monoisotopic (exact) mass is 266 g/mol. The van der Waals surface area contributed by atoms with Crippen LogP contribution in [0.15, 0.2) is 41.0 Å². The van der Waals surface area contributed by atoms with Gasteiger partial charge in [-0.25, -0.2) is 4.39 Å². The maximum Gasteiger partial charge on any atom is 0.146 e. The van der Waals surface area contributed by atoms with Crippen molar-refractivity contribution in [3.63, 3.8) is 0 Å². The molecule has 0 spiro atoms. The molecule has 0 fully saturated rings. The van der Waals surface area contributed by atoms with Gasteiger partial charge in [0.05, 0.1) is 15.9 Å². The molecule has 76 valence electrons. The summed E-state index contributed by atoms with van der Waals surface area (Å²) in [6.07, 6.45) is 1.59. The van der Waals surface area contributed by atoms with Crippen molar-refractivity contribution in [1.82, 2.24) is 4.98 Å². The third kappa shape index (κ3) is 1.85. The minimum Gasteiger partial charge on any atom is -0.397 e. The maximum atomic E-state index is 13.7. The third-order valence-electron chi connectivity index (χ3n) is 2.05. The first-order valence-corrected chi connectivity index (χ1v) is 5.14. The van der Waals surface area contributed by atoms with Crippen LogP contribution in [0.5, 0.6) is 0 Å². The minimum atomic E-state index is -0.345. The summed E-state index contributed by atoms with van der Waals surface area (Å²) >= 11 is 3.12. The zero-order chi connectivity index (χ0) is 10.8. The molecule has 1 heterocycles. The van der Waals surface area contributed by atoms with Gasteiger partial charge in [0.15, 0.2) is 0 Å². The molecule has 1 aromatic heterocycles. The van der Waals surface area contributed by atoms with Gasteiger partial charge in [0, 0.05) is 11.8 Å². The van der Waals surface area contributed by atoms with E-state index in [1.165, 1.54) is 0 Å². The Bertz CT molecular complexity index is 500. The number of pyridine rings is 1. The molecule has 0 saturated heterocycles. The van der Waals surface area contributed by atoms with Gasteiger partial charge in [-0.15, -0.1) is 0 Å². The van der Waals surface area contributed by atoms with Crippen LogP contribution in [0.1, 0.15) is 0 Å². The number of halogens is 2. The van der Waals surface area contributed by atoms with Crippen LogP contribution in [0.3, 0.4) is 0 Å². The predicted octanol–water partition coefficient (Wildman–Crippen LogP) is 3.23. The molecule has 0 bridgehead atoms. The number of nitrogens with zero attached hydrogens (tertiary/aromatic N) is 1. The lowest BCUT2D eigenvalue weighted by atomic mass is 10.1. The Morgan fingerprint density at radius 1 is 1.20 bits per heavy atom. The number of hydrogen-bond donors (Lipinski definition) is 1. The second kappa shape index (κ2) is 3.98. The molecule has 2 N–H and O–H groups in total. The standard InChI is InChI=1S/C11H8BrFN2/c12-8-4-1-3-7(10(8)13)11-9(14)5-2-6-15-11/h1-6H,14H2. The van der Waals surface area contributed by atoms with Crippen LogP contribution in [0, 0.1) is 5.82 Å². The zero-order valence-corrected chi connectivity index (χ0v) is 9.33. The van der Waals surface area contributed by atoms with Gasteiger partial charge in [-0.3, -0.25) is 4.98 Å². The number of hydrogen-bond acceptors (Lipinski definition) is 2. The van der Waals surface area contributed by atoms with E-state index >= 15 is 0 Å². The maximum absolute atomic E-state index is 13.7. The smallest absolute Gasteiger partial charge is 0.146 e. The van der Waals surface area contributed by atoms with Crippen LogP contribution in [-0.2, 0) is 0 Å². The summed E-state index contributed by atoms with van der Waals surface area (Å²) in [6, 6.07) is 8.45. The van der Waals surface area contributed by atoms with E-state index in [1.54, 1.807) is 36.5 Å². The van der Waals surface area contributed by atoms with E-state index in [0.717, 1.165) is 0 Å². The number of aromatic nitrogens is 1. The summed E-state index contributed by atoms with van der Waals surface area (Å²) in [5.41, 5.74) is 7.07. The van der Waals surface area contributed by atoms with Gasteiger partial charge in [0.25, 0.3) is 0 Å². The molecule has 0 radical (unpaired) electrons. The second-order valence-corrected chi connectivity index (χ2v) is 3.90. The van der Waals surface area contributed by atoms with Crippen molar-refractivity contribution in [3.05, 3.63) is 46.8 Å². The highest BCUT2D eigenvalue weighted by atomic mass is 79.9. The average Bonchev–Trinajstić information content (AvgIpc) is 2.23. The largest absolute Gasteiger partial charge is 0.397 e. The SMILES string of the molecule is Nc1cccnc1-c1cccc(Br)c1F. The van der Waals surface area contributed by atoms with Crippen LogP contribution >= 0.6 is 15.9 Å². The second-order valence-electron chi connectivity index (χ2n) is 3.04. The fraction of sp³-hybridized carbons (Fsp3) is 0. The highest BCUT2D eigenvalue weighted by Gasteiger charge is 2.11. The number of benzene rings is 1. The molecular weight excluding hydrogens is 259 g/mol. The third-order valence-corrected chi connectivity index (χ3v) is 2.66. The van der Waals surface area contributed by atoms with Crippen LogP contribution < -0.4 is 5.73 Å². The Kier molecular flexibility index (Phi) is 2.68. The van der Waals surface area contributed by atoms with Crippen LogP contribution in [0.25, 0.3) is 11.3 Å². The average molecular weight is 267 g/mol. The highest BCUT2D eigenvalue weighted by molar-refractivity contribution is 9.10. The van der Waals surface area contributed by atoms with Crippen LogP contribution in [0.2, 0.25) is 0 Å². The van der Waals surface area contributed by atoms with Gasteiger partial charge >= 0.3 is 0 Å². The Labute approximate surface area is 95.1 Å². The first-order chi connectivity index (χ1) is 7.20. The van der Waals surface area contributed by atoms with Crippen molar-refractivity contribution in [3.8, 4) is 11.3 Å². The molecule has 0 unspecified atom stereocenters. The number of nitrogen functional groups attached to an aromatic ring is 1. The van der Waals surface area contributed by atoms with Crippen LogP contribution in [0.4, 0.5) is 10.1 Å². The fourth-order valence-corrected chi connectivity index (χ4v) is 1.70. The summed E-state index contributed by atoms with van der Waals surface area (Å²) in [5, 5.41) is 0. The molecule has 0 saturated carbocycles. The predicted molar refractivity (Wildman–Crippen MR) is 61.7 cm³/mol. The van der Waals surface area contributed by atoms with Gasteiger partial charge in [0.2, 0.25) is 0 Å². The normalized spacial score (nSPS) is 10.3. The number of nitrogens with two attached hydrogens (primary N) is 1. The summed E-state index contributed by atoms with van der Waals surface area (Å²) < 4.78 is 14.1. The fourth-order valence-electron chi connectivity index (χ4n) is 1.33. The van der Waals surface area contributed by atoms with Crippen molar-refractivity contribution in [2.24, 2.45) is 0 Å². The van der Waals surface area contributed by atoms with Gasteiger partial charge in [0.1, 0.15) is 5.82 Å². The first-order valence-electron chi connectivity index (χ1n) is 4.35. The summed E-state index contributed by atoms with van der Waals surface area (Å²) in [6.45, 7) is 0. The molecule has 0 aliphatic carbocycles. The van der Waals surface area contributed by atoms with E-state index < -0.39 is 0 Å². The van der Waals surface area contributed by atoms with Crippen molar-refractivity contribution in [2.45, 2.75) is 0 Å². The van der Waals surface area contributed by atoms with Crippen molar-refractivity contribution >= 4 is 21.6 Å². The lowest BCUT2D eigenvalue weighted by Gasteiger charge is -2.06. The topological polar surface area (TPSA) is 38.9 Å². The van der Waals surface area contributed by atoms with E-state index in [2.05, 4.69) is 20.9 Å². The molecule has 0 aliphatic rings. The van der Waals surface area contributed by atoms with Crippen molar-refractivity contribution < 1.29 is 4.39 Å². The zero-order valence-electron chi connectivity index (χ0n) is 7.74. The Morgan fingerprint density at radius 3 is 2.73 bits per heavy atom. The molecular formula is C11H8BrFN2. The molecule has 2 nitrogen and oxygen atoms in total. The Morgan fingerprint density at radius 2 is 2.00 bits per heavy atom. The Hall–Kier alpha value is -1.42. The quantitative estimate of drug-likeness (QED) is 0.861. The van der Waals surface area contributed by atoms with Gasteiger partial charge in [-0.1, -0.05) is 6.07 Å². The molecule has 0 atom stereocenters. The summed E-state index contributed by atoms with van der Waals surface area (Å²) in [4.78, 5) is 4.06. The molecule has 15 heavy (non-hydrogen) atoms. The van der Waals surface area contributed by atoms with E-state index in [-0.39, 0.29) is 5.82 Å². The van der Waals surface area contributed by atoms with Crippen molar-refractivity contribution in [2.75, 3.05) is 5.73 Å². The molecule has 4 heteroatoms. The first kappa shape index (κ1) is 10.1.